The zero-order valence-electron chi connectivity index (χ0n) is 12.9. The summed E-state index contributed by atoms with van der Waals surface area (Å²) in [5.74, 6) is 0.391. The zero-order chi connectivity index (χ0) is 16.7. The Bertz CT molecular complexity index is 756. The van der Waals surface area contributed by atoms with Gasteiger partial charge in [0, 0.05) is 18.5 Å². The van der Waals surface area contributed by atoms with Gasteiger partial charge in [0.1, 0.15) is 23.9 Å². The van der Waals surface area contributed by atoms with E-state index in [0.717, 1.165) is 11.1 Å². The van der Waals surface area contributed by atoms with Crippen molar-refractivity contribution in [2.45, 2.75) is 25.1 Å². The summed E-state index contributed by atoms with van der Waals surface area (Å²) >= 11 is 6.12. The molecule has 3 heterocycles. The molecule has 2 aromatic rings. The second-order valence-electron chi connectivity index (χ2n) is 6.06. The highest BCUT2D eigenvalue weighted by Crippen LogP contribution is 2.37. The molecule has 1 fully saturated rings. The van der Waals surface area contributed by atoms with Crippen molar-refractivity contribution in [3.63, 3.8) is 0 Å². The predicted octanol–water partition coefficient (Wildman–Crippen LogP) is 3.48. The molecule has 0 spiro atoms. The third kappa shape index (κ3) is 2.84. The molecule has 0 amide bonds. The van der Waals surface area contributed by atoms with E-state index in [1.807, 2.05) is 4.90 Å². The largest absolute Gasteiger partial charge is 0.367 e. The van der Waals surface area contributed by atoms with E-state index < -0.39 is 12.3 Å². The third-order valence-electron chi connectivity index (χ3n) is 4.48. The maximum absolute atomic E-state index is 13.6. The van der Waals surface area contributed by atoms with E-state index in [2.05, 4.69) is 9.97 Å². The molecule has 1 unspecified atom stereocenters. The normalized spacial score (nSPS) is 23.4. The number of aromatic nitrogens is 2. The predicted molar refractivity (Wildman–Crippen MR) is 86.7 cm³/mol. The van der Waals surface area contributed by atoms with Gasteiger partial charge in [-0.1, -0.05) is 12.1 Å². The van der Waals surface area contributed by atoms with Crippen LogP contribution in [0, 0.1) is 5.82 Å². The quantitative estimate of drug-likeness (QED) is 0.776. The fourth-order valence-electron chi connectivity index (χ4n) is 3.34. The number of fused-ring (bicyclic) bond motifs is 1. The summed E-state index contributed by atoms with van der Waals surface area (Å²) < 4.78 is 32.6. The number of hydrogen-bond donors (Lipinski definition) is 0. The van der Waals surface area contributed by atoms with Gasteiger partial charge in [-0.15, -0.1) is 0 Å². The molecule has 24 heavy (non-hydrogen) atoms. The summed E-state index contributed by atoms with van der Waals surface area (Å²) in [6.45, 7) is 1.44. The van der Waals surface area contributed by atoms with Gasteiger partial charge in [0.25, 0.3) is 0 Å². The first kappa shape index (κ1) is 15.7. The van der Waals surface area contributed by atoms with E-state index >= 15 is 0 Å². The lowest BCUT2D eigenvalue weighted by Crippen LogP contribution is -2.27. The van der Waals surface area contributed by atoms with Crippen LogP contribution in [-0.4, -0.2) is 35.8 Å². The summed E-state index contributed by atoms with van der Waals surface area (Å²) in [7, 11) is 0. The van der Waals surface area contributed by atoms with Crippen LogP contribution in [0.15, 0.2) is 24.3 Å². The molecule has 7 heteroatoms. The molecule has 0 radical (unpaired) electrons. The maximum Gasteiger partial charge on any atom is 0.224 e. The van der Waals surface area contributed by atoms with Crippen LogP contribution in [0.2, 0.25) is 5.28 Å². The summed E-state index contributed by atoms with van der Waals surface area (Å²) in [5, 5.41) is 0.115. The minimum absolute atomic E-state index is 0.115. The van der Waals surface area contributed by atoms with Crippen LogP contribution < -0.4 is 4.90 Å². The molecule has 0 bridgehead atoms. The van der Waals surface area contributed by atoms with Gasteiger partial charge in [0.2, 0.25) is 5.28 Å². The Balaban J connectivity index is 1.77. The van der Waals surface area contributed by atoms with Gasteiger partial charge in [-0.3, -0.25) is 0 Å². The van der Waals surface area contributed by atoms with Crippen LogP contribution in [-0.2, 0) is 11.2 Å². The first-order valence-corrected chi connectivity index (χ1v) is 8.32. The van der Waals surface area contributed by atoms with Crippen molar-refractivity contribution in [1.82, 2.24) is 9.97 Å². The summed E-state index contributed by atoms with van der Waals surface area (Å²) in [5.41, 5.74) is 2.43. The molecule has 2 atom stereocenters. The number of alkyl halides is 1. The van der Waals surface area contributed by atoms with E-state index in [9.17, 15) is 8.78 Å². The van der Waals surface area contributed by atoms with Crippen molar-refractivity contribution in [3.05, 3.63) is 52.2 Å². The van der Waals surface area contributed by atoms with E-state index in [0.29, 0.717) is 44.0 Å². The molecule has 126 valence electrons. The van der Waals surface area contributed by atoms with Crippen molar-refractivity contribution in [2.24, 2.45) is 0 Å². The molecule has 4 nitrogen and oxygen atoms in total. The molecule has 0 N–H and O–H groups in total. The zero-order valence-corrected chi connectivity index (χ0v) is 13.6. The first-order chi connectivity index (χ1) is 11.6. The smallest absolute Gasteiger partial charge is 0.224 e. The highest BCUT2D eigenvalue weighted by atomic mass is 35.5. The Morgan fingerprint density at radius 3 is 2.71 bits per heavy atom. The molecule has 1 aromatic heterocycles. The minimum atomic E-state index is -0.845. The third-order valence-corrected chi connectivity index (χ3v) is 4.65. The molecule has 0 aliphatic carbocycles. The van der Waals surface area contributed by atoms with Crippen molar-refractivity contribution in [3.8, 4) is 0 Å². The lowest BCUT2D eigenvalue weighted by molar-refractivity contribution is 0.0662. The van der Waals surface area contributed by atoms with Gasteiger partial charge >= 0.3 is 0 Å². The Morgan fingerprint density at radius 1 is 1.21 bits per heavy atom. The lowest BCUT2D eigenvalue weighted by atomic mass is 9.98. The monoisotopic (exact) mass is 351 g/mol. The Hall–Kier alpha value is -1.79. The average Bonchev–Trinajstić information content (AvgIpc) is 3.01. The summed E-state index contributed by atoms with van der Waals surface area (Å²) in [4.78, 5) is 10.6. The van der Waals surface area contributed by atoms with Gasteiger partial charge < -0.3 is 9.64 Å². The van der Waals surface area contributed by atoms with Gasteiger partial charge in [0.15, 0.2) is 0 Å². The van der Waals surface area contributed by atoms with Crippen molar-refractivity contribution >= 4 is 17.4 Å². The minimum Gasteiger partial charge on any atom is -0.367 e. The molecule has 0 saturated carbocycles. The second-order valence-corrected chi connectivity index (χ2v) is 6.40. The van der Waals surface area contributed by atoms with Crippen LogP contribution in [0.3, 0.4) is 0 Å². The standard InChI is InChI=1S/C17H16ClF2N3O/c18-17-21-14-13(16(22-17)23-7-5-12(20)9-23)6-8-24-15(14)10-1-3-11(19)4-2-10/h1-4,12,15H,5-9H2/t12-,15?/m1/s1. The van der Waals surface area contributed by atoms with Gasteiger partial charge in [-0.25, -0.2) is 18.7 Å². The van der Waals surface area contributed by atoms with Gasteiger partial charge in [-0.05, 0) is 35.7 Å². The van der Waals surface area contributed by atoms with Crippen molar-refractivity contribution in [2.75, 3.05) is 24.6 Å². The highest BCUT2D eigenvalue weighted by Gasteiger charge is 2.32. The molecule has 2 aliphatic rings. The number of hydrogen-bond acceptors (Lipinski definition) is 4. The second kappa shape index (κ2) is 6.26. The van der Waals surface area contributed by atoms with Crippen molar-refractivity contribution in [1.29, 1.82) is 0 Å². The molecular formula is C17H16ClF2N3O. The number of ether oxygens (including phenoxy) is 1. The lowest BCUT2D eigenvalue weighted by Gasteiger charge is -2.29. The van der Waals surface area contributed by atoms with E-state index in [-0.39, 0.29) is 11.1 Å². The molecular weight excluding hydrogens is 336 g/mol. The number of benzene rings is 1. The highest BCUT2D eigenvalue weighted by molar-refractivity contribution is 6.28. The Labute approximate surface area is 143 Å². The van der Waals surface area contributed by atoms with E-state index in [1.54, 1.807) is 12.1 Å². The number of anilines is 1. The molecule has 1 saturated heterocycles. The van der Waals surface area contributed by atoms with Crippen LogP contribution >= 0.6 is 11.6 Å². The summed E-state index contributed by atoms with van der Waals surface area (Å²) in [6.07, 6.45) is -0.124. The Kier molecular flexibility index (Phi) is 4.10. The first-order valence-electron chi connectivity index (χ1n) is 7.94. The number of halogens is 3. The topological polar surface area (TPSA) is 38.3 Å². The maximum atomic E-state index is 13.6. The molecule has 4 rings (SSSR count). The number of nitrogens with zero attached hydrogens (tertiary/aromatic N) is 3. The summed E-state index contributed by atoms with van der Waals surface area (Å²) in [6, 6.07) is 6.15. The van der Waals surface area contributed by atoms with Crippen LogP contribution in [0.1, 0.15) is 29.3 Å². The fraction of sp³-hybridized carbons (Fsp3) is 0.412. The van der Waals surface area contributed by atoms with Crippen LogP contribution in [0.25, 0.3) is 0 Å². The van der Waals surface area contributed by atoms with E-state index in [4.69, 9.17) is 16.3 Å². The molecule has 2 aliphatic heterocycles. The van der Waals surface area contributed by atoms with Crippen molar-refractivity contribution < 1.29 is 13.5 Å². The van der Waals surface area contributed by atoms with Crippen LogP contribution in [0.4, 0.5) is 14.6 Å². The van der Waals surface area contributed by atoms with E-state index in [1.165, 1.54) is 12.1 Å². The van der Waals surface area contributed by atoms with Gasteiger partial charge in [-0.2, -0.15) is 0 Å². The van der Waals surface area contributed by atoms with Gasteiger partial charge in [0.05, 0.1) is 18.8 Å². The average molecular weight is 352 g/mol. The Morgan fingerprint density at radius 2 is 2.00 bits per heavy atom. The van der Waals surface area contributed by atoms with Crippen LogP contribution in [0.5, 0.6) is 0 Å². The fourth-order valence-corrected chi connectivity index (χ4v) is 3.51. The number of rotatable bonds is 2. The molecule has 1 aromatic carbocycles. The SMILES string of the molecule is Fc1ccc(C2OCCc3c2nc(Cl)nc3N2CC[C@@H](F)C2)cc1.